The average Bonchev–Trinajstić information content (AvgIpc) is 3.18. The molecule has 0 unspecified atom stereocenters. The molecule has 1 aliphatic rings. The Balaban J connectivity index is 0.000000502. The molecular weight excluding hydrogens is 545 g/mol. The number of benzene rings is 2. The summed E-state index contributed by atoms with van der Waals surface area (Å²) in [7, 11) is 10.6. The van der Waals surface area contributed by atoms with Gasteiger partial charge in [-0.3, -0.25) is 0 Å². The van der Waals surface area contributed by atoms with Gasteiger partial charge in [0.25, 0.3) is 0 Å². The Morgan fingerprint density at radius 3 is 2.03 bits per heavy atom. The summed E-state index contributed by atoms with van der Waals surface area (Å²) in [5.74, 6) is -0.409. The Labute approximate surface area is 223 Å². The zero-order valence-corrected chi connectivity index (χ0v) is 25.7. The number of rotatable bonds is 10. The Kier molecular flexibility index (Phi) is 23.0. The second-order valence-corrected chi connectivity index (χ2v) is 12.9. The Morgan fingerprint density at radius 2 is 1.45 bits per heavy atom. The normalized spacial score (nSPS) is 10.1. The third kappa shape index (κ3) is 16.8. The van der Waals surface area contributed by atoms with Gasteiger partial charge in [-0.2, -0.15) is 29.8 Å². The number of amides is 1. The van der Waals surface area contributed by atoms with Crippen LogP contribution in [-0.2, 0) is 32.1 Å². The Hall–Kier alpha value is -0.410. The second-order valence-electron chi connectivity index (χ2n) is 8.05. The fraction of sp³-hybridized carbons (Fsp3) is 0.519. The zero-order valence-electron chi connectivity index (χ0n) is 20.6. The van der Waals surface area contributed by atoms with Gasteiger partial charge in [-0.25, -0.2) is 0 Å². The van der Waals surface area contributed by atoms with Gasteiger partial charge < -0.3 is 10.5 Å². The van der Waals surface area contributed by atoms with Gasteiger partial charge in [0.05, 0.1) is 0 Å². The van der Waals surface area contributed by atoms with Crippen molar-refractivity contribution in [2.24, 2.45) is 0 Å². The Bertz CT molecular complexity index is 700. The van der Waals surface area contributed by atoms with E-state index in [-0.39, 0.29) is 0 Å². The van der Waals surface area contributed by atoms with Gasteiger partial charge >= 0.3 is 37.9 Å². The maximum absolute atomic E-state index is 10.3. The molecule has 3 rings (SSSR count). The molecule has 181 valence electrons. The largest absolute Gasteiger partial charge is 0.179 e. The standard InChI is InChI=1S/C13H9.C12H25NO.C2H7Si.2ClH.Zr/c1-3-7-12-10(5-1)9-11-6-2-4-8-13(11)12;1-2-3-4-5-6-7-8-9-10-11-12(13)14;1-3-2;;;/h1-5,7-8H,9H2;2-11H2,1H3,(H2,13,14);3H,1-2H3;2*1H;/q-1;;;;;+4/p-3. The maximum Gasteiger partial charge on any atom is -0.0253 e. The number of halogens is 2. The number of hydrogen-bond donors (Lipinski definition) is 0. The van der Waals surface area contributed by atoms with Crippen LogP contribution in [0.2, 0.25) is 13.1 Å². The minimum Gasteiger partial charge on any atom is -0.179 e. The van der Waals surface area contributed by atoms with Crippen molar-refractivity contribution < 1.29 is 25.6 Å². The van der Waals surface area contributed by atoms with Gasteiger partial charge in [0.1, 0.15) is 0 Å². The van der Waals surface area contributed by atoms with Crippen molar-refractivity contribution in [1.82, 2.24) is 0 Å². The van der Waals surface area contributed by atoms with Crippen molar-refractivity contribution in [3.8, 4) is 11.1 Å². The summed E-state index contributed by atoms with van der Waals surface area (Å²) in [5, 5.41) is 0. The molecule has 0 fully saturated rings. The molecule has 0 saturated carbocycles. The van der Waals surface area contributed by atoms with E-state index in [4.69, 9.17) is 22.8 Å². The first-order valence-corrected chi connectivity index (χ1v) is 20.7. The van der Waals surface area contributed by atoms with Crippen LogP contribution in [-0.4, -0.2) is 15.4 Å². The number of hydrogen-bond acceptors (Lipinski definition) is 1. The molecule has 0 aromatic heterocycles. The Morgan fingerprint density at radius 1 is 0.939 bits per heavy atom. The number of unbranched alkanes of at least 4 members (excludes halogenated alkanes) is 8. The van der Waals surface area contributed by atoms with Crippen molar-refractivity contribution in [3.63, 3.8) is 0 Å². The summed E-state index contributed by atoms with van der Waals surface area (Å²) in [5.41, 5.74) is 12.2. The topological polar surface area (TPSA) is 40.9 Å². The van der Waals surface area contributed by atoms with Crippen LogP contribution in [0, 0.1) is 6.07 Å². The van der Waals surface area contributed by atoms with Crippen molar-refractivity contribution >= 4 is 32.5 Å². The van der Waals surface area contributed by atoms with E-state index >= 15 is 0 Å². The van der Waals surface area contributed by atoms with Crippen LogP contribution in [0.25, 0.3) is 16.9 Å². The molecule has 2 aromatic carbocycles. The molecule has 0 spiro atoms. The zero-order chi connectivity index (χ0) is 24.7. The smallest absolute Gasteiger partial charge is 0.0253 e. The fourth-order valence-electron chi connectivity index (χ4n) is 3.59. The van der Waals surface area contributed by atoms with Crippen LogP contribution in [0.5, 0.6) is 0 Å². The van der Waals surface area contributed by atoms with Crippen molar-refractivity contribution in [1.29, 1.82) is 0 Å². The predicted molar refractivity (Wildman–Crippen MR) is 145 cm³/mol. The van der Waals surface area contributed by atoms with Crippen LogP contribution in [0.4, 0.5) is 0 Å². The molecule has 0 heterocycles. The first kappa shape index (κ1) is 32.6. The molecule has 1 amide bonds. The van der Waals surface area contributed by atoms with Crippen LogP contribution >= 0.6 is 17.0 Å². The molecule has 1 aliphatic carbocycles. The van der Waals surface area contributed by atoms with E-state index in [9.17, 15) is 4.79 Å². The van der Waals surface area contributed by atoms with Gasteiger partial charge in [0, 0.05) is 15.4 Å². The van der Waals surface area contributed by atoms with Gasteiger partial charge in [-0.15, -0.1) is 5.56 Å². The fourth-order valence-corrected chi connectivity index (χ4v) is 3.59. The first-order valence-electron chi connectivity index (χ1n) is 12.1. The van der Waals surface area contributed by atoms with Gasteiger partial charge in [-0.05, 0) is 19.3 Å². The molecule has 0 atom stereocenters. The molecule has 0 bridgehead atoms. The molecule has 33 heavy (non-hydrogen) atoms. The number of carbonyl (C=O) groups excluding carboxylic acids is 1. The molecular formula is C27H40Cl2NOSiZr. The molecule has 2 aromatic rings. The van der Waals surface area contributed by atoms with Gasteiger partial charge in [0.2, 0.25) is 0 Å². The van der Waals surface area contributed by atoms with Gasteiger partial charge in [-0.1, -0.05) is 107 Å². The third-order valence-corrected chi connectivity index (χ3v) is 5.12. The minimum atomic E-state index is -0.826. The predicted octanol–water partition coefficient (Wildman–Crippen LogP) is 9.44. The van der Waals surface area contributed by atoms with E-state index in [1.54, 1.807) is 0 Å². The summed E-state index contributed by atoms with van der Waals surface area (Å²) in [4.78, 5) is 10.3. The van der Waals surface area contributed by atoms with E-state index < -0.39 is 26.8 Å². The second kappa shape index (κ2) is 23.3. The first-order chi connectivity index (χ1) is 16.0. The monoisotopic (exact) mass is 582 g/mol. The molecule has 1 N–H and O–H groups in total. The van der Waals surface area contributed by atoms with Gasteiger partial charge in [0.15, 0.2) is 0 Å². The summed E-state index contributed by atoms with van der Waals surface area (Å²) in [6.07, 6.45) is 12.8. The maximum atomic E-state index is 10.3. The summed E-state index contributed by atoms with van der Waals surface area (Å²) >= 11 is -0.826. The molecule has 2 nitrogen and oxygen atoms in total. The number of nitrogens with one attached hydrogen (secondary N) is 1. The number of fused-ring (bicyclic) bond motifs is 3. The molecule has 0 aliphatic heterocycles. The van der Waals surface area contributed by atoms with Crippen LogP contribution in [0.3, 0.4) is 0 Å². The van der Waals surface area contributed by atoms with Crippen LogP contribution < -0.4 is 0 Å². The average molecular weight is 585 g/mol. The molecule has 0 saturated heterocycles. The van der Waals surface area contributed by atoms with Crippen LogP contribution in [0.15, 0.2) is 42.5 Å². The van der Waals surface area contributed by atoms with E-state index in [1.807, 2.05) is 6.07 Å². The van der Waals surface area contributed by atoms with Crippen molar-refractivity contribution in [3.05, 3.63) is 65.4 Å². The summed E-state index contributed by atoms with van der Waals surface area (Å²) in [6.45, 7) is 6.65. The van der Waals surface area contributed by atoms with E-state index in [0.29, 0.717) is 6.42 Å². The third-order valence-electron chi connectivity index (χ3n) is 5.12. The SMILES string of the molecule is CCCCCCCCCCCC([NH-])=O.C[SiH]C.[Cl][Zr+2][Cl].[c-]1cccc2c1Cc1ccccc1-2. The summed E-state index contributed by atoms with van der Waals surface area (Å²) < 4.78 is 0. The van der Waals surface area contributed by atoms with Crippen LogP contribution in [0.1, 0.15) is 82.3 Å². The minimum absolute atomic E-state index is 0.409. The molecule has 6 heteroatoms. The van der Waals surface area contributed by atoms with E-state index in [2.05, 4.69) is 62.5 Å². The van der Waals surface area contributed by atoms with E-state index in [0.717, 1.165) is 28.8 Å². The number of carbonyl (C=O) groups is 1. The quantitative estimate of drug-likeness (QED) is 0.133. The summed E-state index contributed by atoms with van der Waals surface area (Å²) in [6, 6.07) is 18.1. The van der Waals surface area contributed by atoms with Crippen molar-refractivity contribution in [2.75, 3.05) is 0 Å². The molecule has 1 radical (unpaired) electrons. The van der Waals surface area contributed by atoms with E-state index in [1.165, 1.54) is 67.2 Å². The van der Waals surface area contributed by atoms with Crippen molar-refractivity contribution in [2.45, 2.75) is 90.6 Å².